The number of benzene rings is 1. The second-order valence-electron chi connectivity index (χ2n) is 5.15. The van der Waals surface area contributed by atoms with Crippen LogP contribution in [0, 0.1) is 5.92 Å². The van der Waals surface area contributed by atoms with Crippen LogP contribution in [0.3, 0.4) is 0 Å². The summed E-state index contributed by atoms with van der Waals surface area (Å²) in [4.78, 5) is 11.9. The zero-order valence-corrected chi connectivity index (χ0v) is 11.4. The molecule has 0 aliphatic carbocycles. The maximum absolute atomic E-state index is 11.9. The average molecular weight is 262 g/mol. The van der Waals surface area contributed by atoms with Crippen molar-refractivity contribution in [3.8, 4) is 0 Å². The molecule has 2 rings (SSSR count). The standard InChI is InChI=1S/C15H22N2O2/c1-11-8-14(10-19-11)15(18)17-9-13-4-2-12(3-5-13)6-7-16/h2-5,11,14H,6-10,16H2,1H3,(H,17,18). The predicted octanol–water partition coefficient (Wildman–Crippen LogP) is 1.23. The van der Waals surface area contributed by atoms with Crippen molar-refractivity contribution in [1.82, 2.24) is 5.32 Å². The van der Waals surface area contributed by atoms with Gasteiger partial charge in [-0.1, -0.05) is 24.3 Å². The molecular weight excluding hydrogens is 240 g/mol. The molecule has 4 heteroatoms. The maximum Gasteiger partial charge on any atom is 0.225 e. The van der Waals surface area contributed by atoms with Crippen LogP contribution in [-0.2, 0) is 22.5 Å². The summed E-state index contributed by atoms with van der Waals surface area (Å²) in [6.07, 6.45) is 1.91. The Bertz CT molecular complexity index is 417. The van der Waals surface area contributed by atoms with E-state index >= 15 is 0 Å². The van der Waals surface area contributed by atoms with Gasteiger partial charge in [0.05, 0.1) is 18.6 Å². The van der Waals surface area contributed by atoms with Gasteiger partial charge in [0.2, 0.25) is 5.91 Å². The first-order chi connectivity index (χ1) is 9.19. The molecule has 0 saturated carbocycles. The van der Waals surface area contributed by atoms with Crippen LogP contribution in [-0.4, -0.2) is 25.2 Å². The minimum atomic E-state index is 0.00603. The van der Waals surface area contributed by atoms with Gasteiger partial charge in [0.1, 0.15) is 0 Å². The molecule has 1 fully saturated rings. The van der Waals surface area contributed by atoms with Gasteiger partial charge in [-0.3, -0.25) is 4.79 Å². The van der Waals surface area contributed by atoms with E-state index in [1.165, 1.54) is 5.56 Å². The Morgan fingerprint density at radius 2 is 2.05 bits per heavy atom. The molecule has 2 atom stereocenters. The molecule has 1 aromatic rings. The van der Waals surface area contributed by atoms with E-state index in [0.717, 1.165) is 18.4 Å². The number of nitrogens with one attached hydrogen (secondary N) is 1. The van der Waals surface area contributed by atoms with Crippen LogP contribution in [0.25, 0.3) is 0 Å². The van der Waals surface area contributed by atoms with Crippen LogP contribution >= 0.6 is 0 Å². The summed E-state index contributed by atoms with van der Waals surface area (Å²) in [5.74, 6) is 0.0990. The van der Waals surface area contributed by atoms with E-state index in [9.17, 15) is 4.79 Å². The monoisotopic (exact) mass is 262 g/mol. The fourth-order valence-electron chi connectivity index (χ4n) is 2.32. The van der Waals surface area contributed by atoms with Crippen molar-refractivity contribution in [2.75, 3.05) is 13.2 Å². The topological polar surface area (TPSA) is 64.4 Å². The minimum Gasteiger partial charge on any atom is -0.378 e. The highest BCUT2D eigenvalue weighted by molar-refractivity contribution is 5.79. The summed E-state index contributed by atoms with van der Waals surface area (Å²) < 4.78 is 5.41. The van der Waals surface area contributed by atoms with Crippen molar-refractivity contribution in [2.24, 2.45) is 11.7 Å². The van der Waals surface area contributed by atoms with Crippen LogP contribution in [0.1, 0.15) is 24.5 Å². The smallest absolute Gasteiger partial charge is 0.225 e. The summed E-state index contributed by atoms with van der Waals surface area (Å²) in [6.45, 7) is 3.79. The number of ether oxygens (including phenoxy) is 1. The van der Waals surface area contributed by atoms with Crippen LogP contribution in [0.15, 0.2) is 24.3 Å². The molecular formula is C15H22N2O2. The average Bonchev–Trinajstić information content (AvgIpc) is 2.85. The molecule has 19 heavy (non-hydrogen) atoms. The zero-order valence-electron chi connectivity index (χ0n) is 11.4. The van der Waals surface area contributed by atoms with E-state index in [1.54, 1.807) is 0 Å². The van der Waals surface area contributed by atoms with Gasteiger partial charge in [-0.05, 0) is 37.4 Å². The minimum absolute atomic E-state index is 0.00603. The number of carbonyl (C=O) groups excluding carboxylic acids is 1. The van der Waals surface area contributed by atoms with Gasteiger partial charge in [-0.2, -0.15) is 0 Å². The normalized spacial score (nSPS) is 22.4. The van der Waals surface area contributed by atoms with E-state index in [2.05, 4.69) is 17.4 Å². The highest BCUT2D eigenvalue weighted by Crippen LogP contribution is 2.19. The number of rotatable bonds is 5. The number of hydrogen-bond acceptors (Lipinski definition) is 3. The molecule has 0 aromatic heterocycles. The van der Waals surface area contributed by atoms with E-state index < -0.39 is 0 Å². The Morgan fingerprint density at radius 3 is 2.63 bits per heavy atom. The predicted molar refractivity (Wildman–Crippen MR) is 74.6 cm³/mol. The van der Waals surface area contributed by atoms with Crippen molar-refractivity contribution in [3.63, 3.8) is 0 Å². The Balaban J connectivity index is 1.80. The zero-order chi connectivity index (χ0) is 13.7. The van der Waals surface area contributed by atoms with E-state index in [-0.39, 0.29) is 17.9 Å². The number of carbonyl (C=O) groups is 1. The van der Waals surface area contributed by atoms with Crippen LogP contribution in [0.2, 0.25) is 0 Å². The third kappa shape index (κ3) is 4.04. The first-order valence-electron chi connectivity index (χ1n) is 6.86. The summed E-state index contributed by atoms with van der Waals surface area (Å²) in [5, 5.41) is 2.97. The SMILES string of the molecule is CC1CC(C(=O)NCc2ccc(CCN)cc2)CO1. The lowest BCUT2D eigenvalue weighted by Gasteiger charge is -2.10. The fourth-order valence-corrected chi connectivity index (χ4v) is 2.32. The summed E-state index contributed by atoms with van der Waals surface area (Å²) in [6, 6.07) is 8.21. The number of hydrogen-bond donors (Lipinski definition) is 2. The highest BCUT2D eigenvalue weighted by atomic mass is 16.5. The van der Waals surface area contributed by atoms with Crippen molar-refractivity contribution >= 4 is 5.91 Å². The third-order valence-corrected chi connectivity index (χ3v) is 3.49. The molecule has 1 aliphatic rings. The first-order valence-corrected chi connectivity index (χ1v) is 6.86. The summed E-state index contributed by atoms with van der Waals surface area (Å²) in [5.41, 5.74) is 7.85. The van der Waals surface area contributed by atoms with E-state index in [4.69, 9.17) is 10.5 Å². The van der Waals surface area contributed by atoms with Crippen molar-refractivity contribution < 1.29 is 9.53 Å². The second-order valence-corrected chi connectivity index (χ2v) is 5.15. The third-order valence-electron chi connectivity index (χ3n) is 3.49. The lowest BCUT2D eigenvalue weighted by Crippen LogP contribution is -2.30. The van der Waals surface area contributed by atoms with Gasteiger partial charge in [-0.15, -0.1) is 0 Å². The van der Waals surface area contributed by atoms with Gasteiger partial charge in [0, 0.05) is 6.54 Å². The molecule has 0 radical (unpaired) electrons. The Morgan fingerprint density at radius 1 is 1.37 bits per heavy atom. The molecule has 104 valence electrons. The fraction of sp³-hybridized carbons (Fsp3) is 0.533. The number of amides is 1. The number of nitrogens with two attached hydrogens (primary N) is 1. The van der Waals surface area contributed by atoms with Gasteiger partial charge >= 0.3 is 0 Å². The molecule has 0 spiro atoms. The second kappa shape index (κ2) is 6.68. The molecule has 2 unspecified atom stereocenters. The van der Waals surface area contributed by atoms with Crippen molar-refractivity contribution in [3.05, 3.63) is 35.4 Å². The largest absolute Gasteiger partial charge is 0.378 e. The molecule has 3 N–H and O–H groups in total. The van der Waals surface area contributed by atoms with E-state index in [1.807, 2.05) is 19.1 Å². The lowest BCUT2D eigenvalue weighted by atomic mass is 10.1. The lowest BCUT2D eigenvalue weighted by molar-refractivity contribution is -0.125. The summed E-state index contributed by atoms with van der Waals surface area (Å²) >= 11 is 0. The molecule has 1 saturated heterocycles. The van der Waals surface area contributed by atoms with Crippen LogP contribution in [0.4, 0.5) is 0 Å². The maximum atomic E-state index is 11.9. The molecule has 1 heterocycles. The van der Waals surface area contributed by atoms with Gasteiger partial charge in [0.25, 0.3) is 0 Å². The van der Waals surface area contributed by atoms with Crippen molar-refractivity contribution in [1.29, 1.82) is 0 Å². The molecule has 4 nitrogen and oxygen atoms in total. The van der Waals surface area contributed by atoms with E-state index in [0.29, 0.717) is 19.7 Å². The van der Waals surface area contributed by atoms with Crippen molar-refractivity contribution in [2.45, 2.75) is 32.4 Å². The molecule has 1 amide bonds. The van der Waals surface area contributed by atoms with Crippen LogP contribution in [0.5, 0.6) is 0 Å². The summed E-state index contributed by atoms with van der Waals surface area (Å²) in [7, 11) is 0. The molecule has 1 aliphatic heterocycles. The van der Waals surface area contributed by atoms with Gasteiger partial charge in [-0.25, -0.2) is 0 Å². The quantitative estimate of drug-likeness (QED) is 0.839. The Labute approximate surface area is 114 Å². The van der Waals surface area contributed by atoms with Gasteiger partial charge < -0.3 is 15.8 Å². The first kappa shape index (κ1) is 14.0. The Kier molecular flexibility index (Phi) is 4.93. The highest BCUT2D eigenvalue weighted by Gasteiger charge is 2.27. The Hall–Kier alpha value is -1.39. The van der Waals surface area contributed by atoms with Crippen LogP contribution < -0.4 is 11.1 Å². The van der Waals surface area contributed by atoms with Gasteiger partial charge in [0.15, 0.2) is 0 Å². The molecule has 1 aromatic carbocycles. The molecule has 0 bridgehead atoms.